The molecular formula is C11H19NO. The van der Waals surface area contributed by atoms with E-state index in [1.807, 2.05) is 0 Å². The summed E-state index contributed by atoms with van der Waals surface area (Å²) in [6.45, 7) is 5.08. The average molecular weight is 181 g/mol. The first kappa shape index (κ1) is 9.22. The van der Waals surface area contributed by atoms with Crippen molar-refractivity contribution >= 4 is 0 Å². The topological polar surface area (TPSA) is 21.3 Å². The largest absolute Gasteiger partial charge is 0.377 e. The van der Waals surface area contributed by atoms with Gasteiger partial charge in [0, 0.05) is 12.1 Å². The average Bonchev–Trinajstić information content (AvgIpc) is 2.13. The predicted octanol–water partition coefficient (Wildman–Crippen LogP) is 1.87. The van der Waals surface area contributed by atoms with Crippen LogP contribution in [0.2, 0.25) is 0 Å². The Labute approximate surface area is 80.4 Å². The molecule has 1 aliphatic carbocycles. The van der Waals surface area contributed by atoms with Gasteiger partial charge in [-0.3, -0.25) is 0 Å². The lowest BCUT2D eigenvalue weighted by molar-refractivity contribution is 0.144. The summed E-state index contributed by atoms with van der Waals surface area (Å²) in [5.41, 5.74) is 1.86. The highest BCUT2D eigenvalue weighted by Crippen LogP contribution is 2.30. The van der Waals surface area contributed by atoms with Crippen LogP contribution in [-0.2, 0) is 4.74 Å². The normalized spacial score (nSPS) is 26.4. The first-order valence-electron chi connectivity index (χ1n) is 5.29. The van der Waals surface area contributed by atoms with Crippen LogP contribution in [0.15, 0.2) is 11.6 Å². The molecule has 0 unspecified atom stereocenters. The lowest BCUT2D eigenvalue weighted by atomic mass is 9.78. The van der Waals surface area contributed by atoms with Crippen LogP contribution in [0.25, 0.3) is 0 Å². The van der Waals surface area contributed by atoms with Gasteiger partial charge in [0.05, 0.1) is 13.2 Å². The van der Waals surface area contributed by atoms with Crippen LogP contribution in [0.4, 0.5) is 0 Å². The first-order valence-corrected chi connectivity index (χ1v) is 5.29. The molecule has 0 amide bonds. The maximum atomic E-state index is 5.39. The molecule has 1 fully saturated rings. The van der Waals surface area contributed by atoms with E-state index < -0.39 is 0 Å². The number of rotatable bonds is 3. The summed E-state index contributed by atoms with van der Waals surface area (Å²) in [7, 11) is 0. The molecule has 2 nitrogen and oxygen atoms in total. The zero-order chi connectivity index (χ0) is 9.15. The number of ether oxygens (including phenoxy) is 1. The van der Waals surface area contributed by atoms with E-state index in [1.165, 1.54) is 24.8 Å². The number of hydrogen-bond acceptors (Lipinski definition) is 2. The van der Waals surface area contributed by atoms with Crippen molar-refractivity contribution in [2.75, 3.05) is 19.8 Å². The standard InChI is InChI=1S/C11H19NO/c1-11(5-3-6-11)12-8-10-4-2-7-13-9-10/h4,12H,2-3,5-9H2,1H3. The van der Waals surface area contributed by atoms with E-state index in [9.17, 15) is 0 Å². The maximum absolute atomic E-state index is 5.39. The van der Waals surface area contributed by atoms with Crippen LogP contribution < -0.4 is 5.32 Å². The molecule has 0 spiro atoms. The lowest BCUT2D eigenvalue weighted by Crippen LogP contribution is -2.49. The molecule has 1 saturated carbocycles. The Bertz CT molecular complexity index is 206. The molecule has 2 aliphatic rings. The van der Waals surface area contributed by atoms with Gasteiger partial charge in [-0.05, 0) is 38.2 Å². The molecule has 0 aromatic carbocycles. The van der Waals surface area contributed by atoms with Crippen LogP contribution in [0.1, 0.15) is 32.6 Å². The van der Waals surface area contributed by atoms with Gasteiger partial charge in [-0.2, -0.15) is 0 Å². The van der Waals surface area contributed by atoms with Gasteiger partial charge in [0.25, 0.3) is 0 Å². The summed E-state index contributed by atoms with van der Waals surface area (Å²) in [6, 6.07) is 0. The fraction of sp³-hybridized carbons (Fsp3) is 0.818. The molecule has 0 aromatic heterocycles. The molecule has 2 rings (SSSR count). The van der Waals surface area contributed by atoms with Gasteiger partial charge in [0.1, 0.15) is 0 Å². The van der Waals surface area contributed by atoms with Crippen molar-refractivity contribution in [2.24, 2.45) is 0 Å². The quantitative estimate of drug-likeness (QED) is 0.671. The molecule has 13 heavy (non-hydrogen) atoms. The summed E-state index contributed by atoms with van der Waals surface area (Å²) in [5, 5.41) is 3.62. The lowest BCUT2D eigenvalue weighted by Gasteiger charge is -2.40. The first-order chi connectivity index (χ1) is 6.29. The van der Waals surface area contributed by atoms with E-state index in [2.05, 4.69) is 18.3 Å². The van der Waals surface area contributed by atoms with Crippen molar-refractivity contribution in [1.82, 2.24) is 5.32 Å². The molecule has 1 aliphatic heterocycles. The van der Waals surface area contributed by atoms with Gasteiger partial charge in [-0.25, -0.2) is 0 Å². The molecule has 0 aromatic rings. The molecule has 0 atom stereocenters. The molecule has 0 bridgehead atoms. The maximum Gasteiger partial charge on any atom is 0.0689 e. The van der Waals surface area contributed by atoms with Crippen molar-refractivity contribution in [3.8, 4) is 0 Å². The van der Waals surface area contributed by atoms with Gasteiger partial charge in [-0.15, -0.1) is 0 Å². The highest BCUT2D eigenvalue weighted by molar-refractivity contribution is 5.08. The van der Waals surface area contributed by atoms with E-state index in [0.717, 1.165) is 26.2 Å². The van der Waals surface area contributed by atoms with Crippen LogP contribution in [0.3, 0.4) is 0 Å². The predicted molar refractivity (Wildman–Crippen MR) is 53.8 cm³/mol. The molecule has 1 heterocycles. The van der Waals surface area contributed by atoms with E-state index in [4.69, 9.17) is 4.74 Å². The Kier molecular flexibility index (Phi) is 2.70. The van der Waals surface area contributed by atoms with Gasteiger partial charge in [-0.1, -0.05) is 6.08 Å². The second-order valence-electron chi connectivity index (χ2n) is 4.47. The summed E-state index contributed by atoms with van der Waals surface area (Å²) in [4.78, 5) is 0. The van der Waals surface area contributed by atoms with Crippen LogP contribution >= 0.6 is 0 Å². The van der Waals surface area contributed by atoms with Gasteiger partial charge < -0.3 is 10.1 Å². The molecule has 0 radical (unpaired) electrons. The van der Waals surface area contributed by atoms with Crippen LogP contribution in [-0.4, -0.2) is 25.3 Å². The minimum Gasteiger partial charge on any atom is -0.377 e. The van der Waals surface area contributed by atoms with Gasteiger partial charge in [0.2, 0.25) is 0 Å². The third-order valence-electron chi connectivity index (χ3n) is 3.18. The minimum absolute atomic E-state index is 0.429. The Morgan fingerprint density at radius 1 is 1.54 bits per heavy atom. The summed E-state index contributed by atoms with van der Waals surface area (Å²) < 4.78 is 5.39. The molecular weight excluding hydrogens is 162 g/mol. The van der Waals surface area contributed by atoms with Gasteiger partial charge in [0.15, 0.2) is 0 Å². The summed E-state index contributed by atoms with van der Waals surface area (Å²) >= 11 is 0. The molecule has 2 heteroatoms. The Hall–Kier alpha value is -0.340. The highest BCUT2D eigenvalue weighted by Gasteiger charge is 2.30. The second-order valence-corrected chi connectivity index (χ2v) is 4.47. The van der Waals surface area contributed by atoms with E-state index >= 15 is 0 Å². The van der Waals surface area contributed by atoms with Crippen molar-refractivity contribution < 1.29 is 4.74 Å². The third kappa shape index (κ3) is 2.32. The monoisotopic (exact) mass is 181 g/mol. The third-order valence-corrected chi connectivity index (χ3v) is 3.18. The second kappa shape index (κ2) is 3.81. The Morgan fingerprint density at radius 3 is 2.92 bits per heavy atom. The molecule has 0 saturated heterocycles. The van der Waals surface area contributed by atoms with Crippen molar-refractivity contribution in [2.45, 2.75) is 38.1 Å². The zero-order valence-electron chi connectivity index (χ0n) is 8.44. The minimum atomic E-state index is 0.429. The molecule has 74 valence electrons. The molecule has 1 N–H and O–H groups in total. The fourth-order valence-corrected chi connectivity index (χ4v) is 1.94. The van der Waals surface area contributed by atoms with Crippen molar-refractivity contribution in [1.29, 1.82) is 0 Å². The van der Waals surface area contributed by atoms with E-state index in [1.54, 1.807) is 0 Å². The van der Waals surface area contributed by atoms with Crippen LogP contribution in [0.5, 0.6) is 0 Å². The summed E-state index contributed by atoms with van der Waals surface area (Å²) in [5.74, 6) is 0. The highest BCUT2D eigenvalue weighted by atomic mass is 16.5. The Morgan fingerprint density at radius 2 is 2.38 bits per heavy atom. The number of nitrogens with one attached hydrogen (secondary N) is 1. The number of hydrogen-bond donors (Lipinski definition) is 1. The van der Waals surface area contributed by atoms with Gasteiger partial charge >= 0.3 is 0 Å². The zero-order valence-corrected chi connectivity index (χ0v) is 8.44. The van der Waals surface area contributed by atoms with Crippen molar-refractivity contribution in [3.05, 3.63) is 11.6 Å². The summed E-state index contributed by atoms with van der Waals surface area (Å²) in [6.07, 6.45) is 7.47. The smallest absolute Gasteiger partial charge is 0.0689 e. The Balaban J connectivity index is 1.75. The van der Waals surface area contributed by atoms with E-state index in [-0.39, 0.29) is 0 Å². The van der Waals surface area contributed by atoms with Crippen molar-refractivity contribution in [3.63, 3.8) is 0 Å². The van der Waals surface area contributed by atoms with E-state index in [0.29, 0.717) is 5.54 Å². The SMILES string of the molecule is CC1(NCC2=CCCOC2)CCC1. The fourth-order valence-electron chi connectivity index (χ4n) is 1.94. The van der Waals surface area contributed by atoms with Crippen LogP contribution in [0, 0.1) is 0 Å².